The van der Waals surface area contributed by atoms with E-state index >= 15 is 0 Å². The molecule has 0 atom stereocenters. The van der Waals surface area contributed by atoms with Gasteiger partial charge >= 0.3 is 0 Å². The van der Waals surface area contributed by atoms with Gasteiger partial charge < -0.3 is 14.5 Å². The summed E-state index contributed by atoms with van der Waals surface area (Å²) in [5, 5.41) is 3.31. The second kappa shape index (κ2) is 6.90. The van der Waals surface area contributed by atoms with E-state index in [4.69, 9.17) is 9.15 Å². The molecule has 0 aliphatic carbocycles. The number of oxazole rings is 1. The summed E-state index contributed by atoms with van der Waals surface area (Å²) in [5.41, 5.74) is 0.972. The third-order valence-electron chi connectivity index (χ3n) is 2.82. The molecule has 0 spiro atoms. The number of hydrogen-bond donors (Lipinski definition) is 1. The van der Waals surface area contributed by atoms with Crippen molar-refractivity contribution in [2.45, 2.75) is 20.4 Å². The van der Waals surface area contributed by atoms with Crippen molar-refractivity contribution >= 4 is 15.9 Å². The van der Waals surface area contributed by atoms with E-state index in [9.17, 15) is 0 Å². The lowest BCUT2D eigenvalue weighted by Gasteiger charge is -2.05. The summed E-state index contributed by atoms with van der Waals surface area (Å²) in [7, 11) is 1.65. The van der Waals surface area contributed by atoms with Crippen LogP contribution in [0.5, 0.6) is 5.75 Å². The molecule has 4 nitrogen and oxygen atoms in total. The first-order valence-electron chi connectivity index (χ1n) is 6.59. The van der Waals surface area contributed by atoms with Crippen molar-refractivity contribution in [2.24, 2.45) is 5.92 Å². The molecular formula is C15H19BrN2O2. The minimum Gasteiger partial charge on any atom is -0.496 e. The predicted octanol–water partition coefficient (Wildman–Crippen LogP) is 3.86. The van der Waals surface area contributed by atoms with Crippen LogP contribution in [0.3, 0.4) is 0 Å². The van der Waals surface area contributed by atoms with E-state index in [0.717, 1.165) is 28.1 Å². The van der Waals surface area contributed by atoms with Crippen LogP contribution in [-0.4, -0.2) is 18.6 Å². The highest BCUT2D eigenvalue weighted by molar-refractivity contribution is 9.10. The Bertz CT molecular complexity index is 567. The van der Waals surface area contributed by atoms with Crippen molar-refractivity contribution in [1.82, 2.24) is 10.3 Å². The van der Waals surface area contributed by atoms with Crippen molar-refractivity contribution in [1.29, 1.82) is 0 Å². The van der Waals surface area contributed by atoms with E-state index in [0.29, 0.717) is 18.4 Å². The molecule has 2 aromatic rings. The molecule has 1 heterocycles. The molecule has 2 rings (SSSR count). The fourth-order valence-electron chi connectivity index (χ4n) is 1.81. The molecule has 0 unspecified atom stereocenters. The quantitative estimate of drug-likeness (QED) is 0.868. The van der Waals surface area contributed by atoms with Crippen molar-refractivity contribution < 1.29 is 9.15 Å². The zero-order valence-corrected chi connectivity index (χ0v) is 13.5. The van der Waals surface area contributed by atoms with Gasteiger partial charge in [-0.25, -0.2) is 4.98 Å². The van der Waals surface area contributed by atoms with Crippen LogP contribution in [0, 0.1) is 5.92 Å². The Morgan fingerprint density at radius 3 is 2.85 bits per heavy atom. The van der Waals surface area contributed by atoms with E-state index in [-0.39, 0.29) is 0 Å². The van der Waals surface area contributed by atoms with Gasteiger partial charge in [-0.05, 0) is 46.6 Å². The second-order valence-corrected chi connectivity index (χ2v) is 5.85. The summed E-state index contributed by atoms with van der Waals surface area (Å²) in [6, 6.07) is 5.82. The van der Waals surface area contributed by atoms with Crippen LogP contribution in [0.1, 0.15) is 19.7 Å². The van der Waals surface area contributed by atoms with Crippen LogP contribution >= 0.6 is 15.9 Å². The number of methoxy groups -OCH3 is 1. The SMILES string of the molecule is COc1ccc(-c2cnc(CNCC(C)C)o2)cc1Br. The lowest BCUT2D eigenvalue weighted by atomic mass is 10.2. The van der Waals surface area contributed by atoms with Crippen LogP contribution in [-0.2, 0) is 6.54 Å². The minimum atomic E-state index is 0.613. The largest absolute Gasteiger partial charge is 0.496 e. The molecule has 0 saturated carbocycles. The second-order valence-electron chi connectivity index (χ2n) is 4.99. The summed E-state index contributed by atoms with van der Waals surface area (Å²) in [5.74, 6) is 2.87. The van der Waals surface area contributed by atoms with Crippen LogP contribution in [0.15, 0.2) is 33.3 Å². The van der Waals surface area contributed by atoms with Gasteiger partial charge in [-0.1, -0.05) is 13.8 Å². The summed E-state index contributed by atoms with van der Waals surface area (Å²) >= 11 is 3.47. The van der Waals surface area contributed by atoms with Crippen molar-refractivity contribution in [3.05, 3.63) is 34.8 Å². The molecule has 0 aliphatic rings. The highest BCUT2D eigenvalue weighted by Gasteiger charge is 2.09. The van der Waals surface area contributed by atoms with Crippen LogP contribution in [0.25, 0.3) is 11.3 Å². The fraction of sp³-hybridized carbons (Fsp3) is 0.400. The maximum atomic E-state index is 5.74. The first-order valence-corrected chi connectivity index (χ1v) is 7.38. The van der Waals surface area contributed by atoms with Crippen LogP contribution in [0.2, 0.25) is 0 Å². The van der Waals surface area contributed by atoms with E-state index < -0.39 is 0 Å². The van der Waals surface area contributed by atoms with Crippen molar-refractivity contribution in [3.63, 3.8) is 0 Å². The number of nitrogens with zero attached hydrogens (tertiary/aromatic N) is 1. The number of aromatic nitrogens is 1. The summed E-state index contributed by atoms with van der Waals surface area (Å²) < 4.78 is 11.9. The third kappa shape index (κ3) is 3.84. The Kier molecular flexibility index (Phi) is 5.20. The molecule has 108 valence electrons. The molecule has 5 heteroatoms. The number of nitrogens with one attached hydrogen (secondary N) is 1. The van der Waals surface area contributed by atoms with Crippen molar-refractivity contribution in [3.8, 4) is 17.1 Å². The molecule has 0 amide bonds. The molecule has 1 N–H and O–H groups in total. The highest BCUT2D eigenvalue weighted by Crippen LogP contribution is 2.30. The van der Waals surface area contributed by atoms with Crippen LogP contribution in [0.4, 0.5) is 0 Å². The first kappa shape index (κ1) is 15.1. The zero-order valence-electron chi connectivity index (χ0n) is 11.9. The first-order chi connectivity index (χ1) is 9.60. The zero-order chi connectivity index (χ0) is 14.5. The Morgan fingerprint density at radius 1 is 1.40 bits per heavy atom. The van der Waals surface area contributed by atoms with Gasteiger partial charge in [0.05, 0.1) is 24.3 Å². The highest BCUT2D eigenvalue weighted by atomic mass is 79.9. The number of halogens is 1. The van der Waals surface area contributed by atoms with Gasteiger partial charge in [0, 0.05) is 5.56 Å². The van der Waals surface area contributed by atoms with Gasteiger partial charge in [-0.15, -0.1) is 0 Å². The molecule has 0 aliphatic heterocycles. The van der Waals surface area contributed by atoms with Gasteiger partial charge in [0.1, 0.15) is 5.75 Å². The number of ether oxygens (including phenoxy) is 1. The lowest BCUT2D eigenvalue weighted by molar-refractivity contribution is 0.412. The molecule has 20 heavy (non-hydrogen) atoms. The van der Waals surface area contributed by atoms with Gasteiger partial charge in [0.15, 0.2) is 5.76 Å². The number of benzene rings is 1. The standard InChI is InChI=1S/C15H19BrN2O2/c1-10(2)7-17-9-15-18-8-14(20-15)11-4-5-13(19-3)12(16)6-11/h4-6,8,10,17H,7,9H2,1-3H3. The molecule has 0 fully saturated rings. The number of hydrogen-bond acceptors (Lipinski definition) is 4. The normalized spacial score (nSPS) is 11.1. The van der Waals surface area contributed by atoms with Gasteiger partial charge in [0.25, 0.3) is 0 Å². The maximum Gasteiger partial charge on any atom is 0.208 e. The van der Waals surface area contributed by atoms with E-state index in [1.807, 2.05) is 18.2 Å². The molecule has 0 radical (unpaired) electrons. The summed E-state index contributed by atoms with van der Waals surface area (Å²) in [6.45, 7) is 5.94. The molecular weight excluding hydrogens is 320 g/mol. The molecule has 0 bridgehead atoms. The molecule has 0 saturated heterocycles. The number of rotatable bonds is 6. The van der Waals surface area contributed by atoms with Gasteiger partial charge in [-0.2, -0.15) is 0 Å². The summed E-state index contributed by atoms with van der Waals surface area (Å²) in [6.07, 6.45) is 1.75. The minimum absolute atomic E-state index is 0.613. The Balaban J connectivity index is 2.06. The average Bonchev–Trinajstić information content (AvgIpc) is 2.87. The average molecular weight is 339 g/mol. The summed E-state index contributed by atoms with van der Waals surface area (Å²) in [4.78, 5) is 4.29. The van der Waals surface area contributed by atoms with Gasteiger partial charge in [0.2, 0.25) is 5.89 Å². The Morgan fingerprint density at radius 2 is 2.20 bits per heavy atom. The van der Waals surface area contributed by atoms with E-state index in [1.54, 1.807) is 13.3 Å². The monoisotopic (exact) mass is 338 g/mol. The van der Waals surface area contributed by atoms with E-state index in [1.165, 1.54) is 0 Å². The molecule has 1 aromatic carbocycles. The van der Waals surface area contributed by atoms with Crippen LogP contribution < -0.4 is 10.1 Å². The van der Waals surface area contributed by atoms with Gasteiger partial charge in [-0.3, -0.25) is 0 Å². The Hall–Kier alpha value is -1.33. The van der Waals surface area contributed by atoms with E-state index in [2.05, 4.69) is 40.1 Å². The fourth-order valence-corrected chi connectivity index (χ4v) is 2.35. The maximum absolute atomic E-state index is 5.74. The smallest absolute Gasteiger partial charge is 0.208 e. The topological polar surface area (TPSA) is 47.3 Å². The predicted molar refractivity (Wildman–Crippen MR) is 82.7 cm³/mol. The lowest BCUT2D eigenvalue weighted by Crippen LogP contribution is -2.18. The van der Waals surface area contributed by atoms with Crippen molar-refractivity contribution in [2.75, 3.05) is 13.7 Å². The third-order valence-corrected chi connectivity index (χ3v) is 3.44. The Labute approximate surface area is 127 Å². The molecule has 1 aromatic heterocycles.